The minimum Gasteiger partial charge on any atom is -0.390 e. The van der Waals surface area contributed by atoms with Crippen molar-refractivity contribution in [1.29, 1.82) is 0 Å². The Morgan fingerprint density at radius 1 is 1.02 bits per heavy atom. The van der Waals surface area contributed by atoms with Crippen molar-refractivity contribution in [3.8, 4) is 22.5 Å². The molecule has 0 saturated heterocycles. The van der Waals surface area contributed by atoms with E-state index < -0.39 is 5.60 Å². The summed E-state index contributed by atoms with van der Waals surface area (Å²) in [5.74, 6) is 1.74. The van der Waals surface area contributed by atoms with Crippen molar-refractivity contribution in [2.24, 2.45) is 0 Å². The van der Waals surface area contributed by atoms with Gasteiger partial charge in [0.15, 0.2) is 11.5 Å². The van der Waals surface area contributed by atoms with Gasteiger partial charge >= 0.3 is 0 Å². The average molecular weight is 536 g/mol. The Labute approximate surface area is 234 Å². The molecule has 2 N–H and O–H groups in total. The van der Waals surface area contributed by atoms with Crippen molar-refractivity contribution in [3.05, 3.63) is 76.7 Å². The Morgan fingerprint density at radius 2 is 1.82 bits per heavy atom. The maximum absolute atomic E-state index is 10.9. The minimum absolute atomic E-state index is 0.197. The minimum atomic E-state index is -0.635. The van der Waals surface area contributed by atoms with Gasteiger partial charge in [-0.1, -0.05) is 63.2 Å². The monoisotopic (exact) mass is 535 g/mol. The lowest BCUT2D eigenvalue weighted by molar-refractivity contribution is 0.0237. The summed E-state index contributed by atoms with van der Waals surface area (Å²) in [6, 6.07) is 17.4. The van der Waals surface area contributed by atoms with E-state index in [2.05, 4.69) is 89.3 Å². The Bertz CT molecular complexity index is 1650. The molecule has 206 valence electrons. The van der Waals surface area contributed by atoms with Crippen LogP contribution in [0.3, 0.4) is 0 Å². The third-order valence-corrected chi connectivity index (χ3v) is 8.78. The van der Waals surface area contributed by atoms with Crippen molar-refractivity contribution < 1.29 is 5.11 Å². The molecule has 8 heteroatoms. The maximum Gasteiger partial charge on any atom is 0.180 e. The summed E-state index contributed by atoms with van der Waals surface area (Å²) in [4.78, 5) is 10.2. The Morgan fingerprint density at radius 3 is 2.55 bits per heavy atom. The third-order valence-electron chi connectivity index (χ3n) is 8.78. The van der Waals surface area contributed by atoms with Crippen molar-refractivity contribution in [3.63, 3.8) is 0 Å². The van der Waals surface area contributed by atoms with Gasteiger partial charge < -0.3 is 9.67 Å². The van der Waals surface area contributed by atoms with Gasteiger partial charge in [-0.05, 0) is 89.8 Å². The molecule has 0 amide bonds. The van der Waals surface area contributed by atoms with E-state index in [9.17, 15) is 5.11 Å². The molecule has 2 aromatic carbocycles. The number of rotatable bonds is 9. The summed E-state index contributed by atoms with van der Waals surface area (Å²) in [5, 5.41) is 25.4. The van der Waals surface area contributed by atoms with Crippen LogP contribution in [0.15, 0.2) is 48.5 Å². The van der Waals surface area contributed by atoms with Gasteiger partial charge in [0.05, 0.1) is 11.6 Å². The fourth-order valence-corrected chi connectivity index (χ4v) is 6.24. The second-order valence-electron chi connectivity index (χ2n) is 11.0. The number of nitrogens with zero attached hydrogens (tertiary/aromatic N) is 6. The normalized spacial score (nSPS) is 15.2. The number of benzene rings is 2. The summed E-state index contributed by atoms with van der Waals surface area (Å²) in [7, 11) is 0. The summed E-state index contributed by atoms with van der Waals surface area (Å²) < 4.78 is 2.39. The van der Waals surface area contributed by atoms with Gasteiger partial charge in [0, 0.05) is 17.7 Å². The smallest absolute Gasteiger partial charge is 0.180 e. The Kier molecular flexibility index (Phi) is 6.96. The van der Waals surface area contributed by atoms with Gasteiger partial charge in [-0.15, -0.1) is 5.10 Å². The number of imidazole rings is 1. The van der Waals surface area contributed by atoms with Gasteiger partial charge in [0.2, 0.25) is 0 Å². The predicted octanol–water partition coefficient (Wildman–Crippen LogP) is 6.17. The van der Waals surface area contributed by atoms with E-state index >= 15 is 0 Å². The van der Waals surface area contributed by atoms with Crippen LogP contribution in [0.4, 0.5) is 0 Å². The average Bonchev–Trinajstić information content (AvgIpc) is 3.74. The molecule has 5 aromatic rings. The molecule has 1 atom stereocenters. The van der Waals surface area contributed by atoms with E-state index in [1.54, 1.807) is 0 Å². The number of tetrazole rings is 1. The molecular weight excluding hydrogens is 498 g/mol. The van der Waals surface area contributed by atoms with Gasteiger partial charge in [-0.2, -0.15) is 0 Å². The number of nitrogens with one attached hydrogen (secondary N) is 1. The molecule has 1 aliphatic carbocycles. The Hall–Kier alpha value is -3.91. The van der Waals surface area contributed by atoms with Crippen molar-refractivity contribution >= 4 is 11.2 Å². The molecule has 40 heavy (non-hydrogen) atoms. The number of aromatic amines is 1. The van der Waals surface area contributed by atoms with Gasteiger partial charge in [-0.25, -0.2) is 15.1 Å². The fourth-order valence-electron chi connectivity index (χ4n) is 6.24. The topological polar surface area (TPSA) is 105 Å². The standard InChI is InChI=1S/C32H37N7O/c1-5-28-34-29-20(4)18-23(16-17-32(40,6-2)7-3)33-31(29)39(28)27-15-13-22-19-21(12-14-25(22)27)24-10-8-9-11-26(24)30-35-37-38-36-30/h8-12,14,18-19,27,40H,5-7,13,15-17H2,1-4H3,(H,35,36,37,38)/t27-/m0/s1. The van der Waals surface area contributed by atoms with Crippen LogP contribution in [-0.4, -0.2) is 45.9 Å². The second-order valence-corrected chi connectivity index (χ2v) is 11.0. The second kappa shape index (κ2) is 10.6. The highest BCUT2D eigenvalue weighted by Gasteiger charge is 2.29. The number of fused-ring (bicyclic) bond motifs is 2. The molecule has 0 saturated carbocycles. The number of hydrogen-bond acceptors (Lipinski definition) is 6. The zero-order valence-corrected chi connectivity index (χ0v) is 23.8. The van der Waals surface area contributed by atoms with Crippen LogP contribution in [0.2, 0.25) is 0 Å². The van der Waals surface area contributed by atoms with Crippen molar-refractivity contribution in [2.75, 3.05) is 0 Å². The largest absolute Gasteiger partial charge is 0.390 e. The molecule has 0 unspecified atom stereocenters. The van der Waals surface area contributed by atoms with Gasteiger partial charge in [0.1, 0.15) is 11.3 Å². The summed E-state index contributed by atoms with van der Waals surface area (Å²) >= 11 is 0. The number of hydrogen-bond donors (Lipinski definition) is 2. The maximum atomic E-state index is 10.9. The molecule has 0 spiro atoms. The summed E-state index contributed by atoms with van der Waals surface area (Å²) in [6.45, 7) is 8.42. The molecule has 0 bridgehead atoms. The zero-order chi connectivity index (χ0) is 27.9. The highest BCUT2D eigenvalue weighted by Crippen LogP contribution is 2.40. The number of aliphatic hydroxyl groups is 1. The molecule has 0 aliphatic heterocycles. The molecular formula is C32H37N7O. The summed E-state index contributed by atoms with van der Waals surface area (Å²) in [5.41, 5.74) is 9.45. The first-order chi connectivity index (χ1) is 19.4. The molecule has 8 nitrogen and oxygen atoms in total. The fraction of sp³-hybridized carbons (Fsp3) is 0.406. The first-order valence-electron chi connectivity index (χ1n) is 14.5. The lowest BCUT2D eigenvalue weighted by Crippen LogP contribution is -2.27. The molecule has 0 radical (unpaired) electrons. The first kappa shape index (κ1) is 26.3. The van der Waals surface area contributed by atoms with E-state index in [-0.39, 0.29) is 6.04 Å². The predicted molar refractivity (Wildman–Crippen MR) is 157 cm³/mol. The van der Waals surface area contributed by atoms with E-state index in [0.717, 1.165) is 83.5 Å². The van der Waals surface area contributed by atoms with E-state index in [0.29, 0.717) is 12.2 Å². The van der Waals surface area contributed by atoms with E-state index in [1.165, 1.54) is 11.1 Å². The highest BCUT2D eigenvalue weighted by molar-refractivity contribution is 5.81. The quantitative estimate of drug-likeness (QED) is 0.234. The number of aryl methyl sites for hydroxylation is 4. The van der Waals surface area contributed by atoms with E-state index in [4.69, 9.17) is 9.97 Å². The Balaban J connectivity index is 1.38. The molecule has 3 heterocycles. The number of pyridine rings is 1. The third kappa shape index (κ3) is 4.60. The lowest BCUT2D eigenvalue weighted by atomic mass is 9.91. The highest BCUT2D eigenvalue weighted by atomic mass is 16.3. The first-order valence-corrected chi connectivity index (χ1v) is 14.5. The molecule has 6 rings (SSSR count). The van der Waals surface area contributed by atoms with E-state index in [1.807, 2.05) is 12.1 Å². The van der Waals surface area contributed by atoms with Crippen LogP contribution in [0, 0.1) is 6.92 Å². The zero-order valence-electron chi connectivity index (χ0n) is 23.8. The molecule has 3 aromatic heterocycles. The SMILES string of the molecule is CCc1nc2c(C)cc(CCC(O)(CC)CC)nc2n1[C@H]1CCc2cc(-c3ccccc3-c3nnn[nH]3)ccc21. The summed E-state index contributed by atoms with van der Waals surface area (Å²) in [6.07, 6.45) is 5.84. The van der Waals surface area contributed by atoms with Crippen molar-refractivity contribution in [2.45, 2.75) is 84.3 Å². The molecule has 1 aliphatic rings. The van der Waals surface area contributed by atoms with Gasteiger partial charge in [0.25, 0.3) is 0 Å². The van der Waals surface area contributed by atoms with Crippen LogP contribution in [0.5, 0.6) is 0 Å². The van der Waals surface area contributed by atoms with Crippen LogP contribution >= 0.6 is 0 Å². The lowest BCUT2D eigenvalue weighted by Gasteiger charge is -2.25. The number of H-pyrrole nitrogens is 1. The molecule has 0 fully saturated rings. The van der Waals surface area contributed by atoms with Crippen LogP contribution < -0.4 is 0 Å². The van der Waals surface area contributed by atoms with Crippen LogP contribution in [-0.2, 0) is 19.3 Å². The number of aromatic nitrogens is 7. The van der Waals surface area contributed by atoms with Crippen molar-refractivity contribution in [1.82, 2.24) is 35.2 Å². The van der Waals surface area contributed by atoms with Crippen LogP contribution in [0.1, 0.15) is 80.7 Å². The van der Waals surface area contributed by atoms with Crippen LogP contribution in [0.25, 0.3) is 33.7 Å². The van der Waals surface area contributed by atoms with Gasteiger partial charge in [-0.3, -0.25) is 0 Å².